The van der Waals surface area contributed by atoms with Crippen LogP contribution in [-0.4, -0.2) is 12.6 Å². The normalized spacial score (nSPS) is 10.7. The summed E-state index contributed by atoms with van der Waals surface area (Å²) in [5.74, 6) is -1.03. The third-order valence-corrected chi connectivity index (χ3v) is 2.74. The number of furan rings is 1. The lowest BCUT2D eigenvalue weighted by molar-refractivity contribution is 0.0527. The Morgan fingerprint density at radius 2 is 2.31 bits per heavy atom. The molecule has 2 rings (SSSR count). The van der Waals surface area contributed by atoms with Gasteiger partial charge in [-0.05, 0) is 35.0 Å². The van der Waals surface area contributed by atoms with E-state index < -0.39 is 11.8 Å². The largest absolute Gasteiger partial charge is 0.462 e. The Hall–Kier alpha value is -1.36. The Kier molecular flexibility index (Phi) is 2.96. The Labute approximate surface area is 99.3 Å². The number of benzene rings is 1. The Bertz CT molecular complexity index is 547. The van der Waals surface area contributed by atoms with Crippen molar-refractivity contribution in [2.45, 2.75) is 6.92 Å². The molecule has 0 amide bonds. The number of hydrogen-bond acceptors (Lipinski definition) is 3. The summed E-state index contributed by atoms with van der Waals surface area (Å²) in [5.41, 5.74) is 0.292. The number of fused-ring (bicyclic) bond motifs is 1. The van der Waals surface area contributed by atoms with Crippen LogP contribution in [0.3, 0.4) is 0 Å². The maximum atomic E-state index is 13.6. The van der Waals surface area contributed by atoms with Gasteiger partial charge in [0.1, 0.15) is 11.8 Å². The first kappa shape index (κ1) is 11.1. The van der Waals surface area contributed by atoms with Crippen molar-refractivity contribution in [3.63, 3.8) is 0 Å². The highest BCUT2D eigenvalue weighted by Crippen LogP contribution is 2.28. The second-order valence-corrected chi connectivity index (χ2v) is 3.96. The molecule has 5 heteroatoms. The zero-order valence-electron chi connectivity index (χ0n) is 8.42. The van der Waals surface area contributed by atoms with Crippen LogP contribution in [0.1, 0.15) is 17.3 Å². The van der Waals surface area contributed by atoms with Gasteiger partial charge in [0.05, 0.1) is 11.1 Å². The highest BCUT2D eigenvalue weighted by atomic mass is 79.9. The van der Waals surface area contributed by atoms with Gasteiger partial charge in [0.2, 0.25) is 0 Å². The number of carbonyl (C=O) groups excluding carboxylic acids is 1. The van der Waals surface area contributed by atoms with E-state index in [1.807, 2.05) is 0 Å². The molecule has 0 fully saturated rings. The molecule has 0 radical (unpaired) electrons. The summed E-state index contributed by atoms with van der Waals surface area (Å²) in [5, 5.41) is 0.416. The van der Waals surface area contributed by atoms with Crippen molar-refractivity contribution in [3.8, 4) is 0 Å². The quantitative estimate of drug-likeness (QED) is 0.793. The average molecular weight is 287 g/mol. The van der Waals surface area contributed by atoms with Crippen LogP contribution in [0.5, 0.6) is 0 Å². The maximum Gasteiger partial charge on any atom is 0.342 e. The summed E-state index contributed by atoms with van der Waals surface area (Å²) in [6.45, 7) is 1.97. The SMILES string of the molecule is CCOC(=O)c1coc2c(F)c(Br)ccc12. The molecule has 84 valence electrons. The molecule has 0 N–H and O–H groups in total. The lowest BCUT2D eigenvalue weighted by Gasteiger charge is -1.99. The van der Waals surface area contributed by atoms with E-state index in [0.717, 1.165) is 0 Å². The highest BCUT2D eigenvalue weighted by Gasteiger charge is 2.18. The van der Waals surface area contributed by atoms with Crippen LogP contribution < -0.4 is 0 Å². The molecule has 0 spiro atoms. The minimum absolute atomic E-state index is 0.0532. The number of carbonyl (C=O) groups is 1. The fraction of sp³-hybridized carbons (Fsp3) is 0.182. The standard InChI is InChI=1S/C11H8BrFO3/c1-2-15-11(14)7-5-16-10-6(7)3-4-8(12)9(10)13/h3-5H,2H2,1H3. The number of esters is 1. The minimum Gasteiger partial charge on any atom is -0.462 e. The molecule has 1 aromatic heterocycles. The van der Waals surface area contributed by atoms with E-state index in [-0.39, 0.29) is 17.8 Å². The van der Waals surface area contributed by atoms with Crippen molar-refractivity contribution < 1.29 is 18.3 Å². The van der Waals surface area contributed by atoms with E-state index in [4.69, 9.17) is 9.15 Å². The lowest BCUT2D eigenvalue weighted by Crippen LogP contribution is -2.03. The van der Waals surface area contributed by atoms with E-state index >= 15 is 0 Å². The third kappa shape index (κ3) is 1.71. The number of hydrogen-bond donors (Lipinski definition) is 0. The second kappa shape index (κ2) is 4.25. The monoisotopic (exact) mass is 286 g/mol. The van der Waals surface area contributed by atoms with Crippen LogP contribution in [0.2, 0.25) is 0 Å². The summed E-state index contributed by atoms with van der Waals surface area (Å²) in [7, 11) is 0. The first-order chi connectivity index (χ1) is 7.65. The minimum atomic E-state index is -0.520. The van der Waals surface area contributed by atoms with E-state index in [2.05, 4.69) is 15.9 Å². The van der Waals surface area contributed by atoms with Gasteiger partial charge in [-0.15, -0.1) is 0 Å². The summed E-state index contributed by atoms with van der Waals surface area (Å²) >= 11 is 3.04. The molecule has 1 aromatic carbocycles. The van der Waals surface area contributed by atoms with Gasteiger partial charge in [0.15, 0.2) is 11.4 Å². The first-order valence-electron chi connectivity index (χ1n) is 4.67. The van der Waals surface area contributed by atoms with E-state index in [1.165, 1.54) is 12.3 Å². The van der Waals surface area contributed by atoms with Gasteiger partial charge in [-0.25, -0.2) is 9.18 Å². The lowest BCUT2D eigenvalue weighted by atomic mass is 10.2. The zero-order valence-corrected chi connectivity index (χ0v) is 10.0. The zero-order chi connectivity index (χ0) is 11.7. The molecule has 16 heavy (non-hydrogen) atoms. The number of ether oxygens (including phenoxy) is 1. The van der Waals surface area contributed by atoms with Crippen LogP contribution in [0.4, 0.5) is 4.39 Å². The van der Waals surface area contributed by atoms with Gasteiger partial charge in [0.25, 0.3) is 0 Å². The van der Waals surface area contributed by atoms with Crippen LogP contribution in [0, 0.1) is 5.82 Å². The molecule has 0 saturated carbocycles. The smallest absolute Gasteiger partial charge is 0.342 e. The molecule has 1 heterocycles. The Balaban J connectivity index is 2.58. The van der Waals surface area contributed by atoms with E-state index in [9.17, 15) is 9.18 Å². The average Bonchev–Trinajstić information content (AvgIpc) is 2.68. The van der Waals surface area contributed by atoms with E-state index in [0.29, 0.717) is 9.86 Å². The predicted octanol–water partition coefficient (Wildman–Crippen LogP) is 3.51. The summed E-state index contributed by atoms with van der Waals surface area (Å²) in [4.78, 5) is 11.5. The molecule has 0 unspecified atom stereocenters. The molecule has 0 aliphatic carbocycles. The van der Waals surface area contributed by atoms with Crippen LogP contribution in [-0.2, 0) is 4.74 Å². The van der Waals surface area contributed by atoms with Crippen molar-refractivity contribution in [2.75, 3.05) is 6.61 Å². The van der Waals surface area contributed by atoms with Gasteiger partial charge < -0.3 is 9.15 Å². The molecule has 3 nitrogen and oxygen atoms in total. The van der Waals surface area contributed by atoms with Gasteiger partial charge >= 0.3 is 5.97 Å². The summed E-state index contributed by atoms with van der Waals surface area (Å²) in [6.07, 6.45) is 1.21. The van der Waals surface area contributed by atoms with Crippen molar-refractivity contribution in [1.82, 2.24) is 0 Å². The van der Waals surface area contributed by atoms with Gasteiger partial charge in [0, 0.05) is 5.39 Å². The molecular formula is C11H8BrFO3. The Morgan fingerprint density at radius 1 is 1.56 bits per heavy atom. The molecule has 0 aliphatic heterocycles. The second-order valence-electron chi connectivity index (χ2n) is 3.11. The summed E-state index contributed by atoms with van der Waals surface area (Å²) < 4.78 is 23.7. The van der Waals surface area contributed by atoms with Crippen molar-refractivity contribution in [1.29, 1.82) is 0 Å². The van der Waals surface area contributed by atoms with Crippen LogP contribution in [0.15, 0.2) is 27.3 Å². The van der Waals surface area contributed by atoms with Gasteiger partial charge in [-0.2, -0.15) is 0 Å². The molecule has 0 atom stereocenters. The van der Waals surface area contributed by atoms with Crippen LogP contribution >= 0.6 is 15.9 Å². The van der Waals surface area contributed by atoms with Crippen molar-refractivity contribution in [3.05, 3.63) is 34.2 Å². The van der Waals surface area contributed by atoms with Gasteiger partial charge in [-0.1, -0.05) is 0 Å². The molecule has 0 saturated heterocycles. The van der Waals surface area contributed by atoms with E-state index in [1.54, 1.807) is 13.0 Å². The highest BCUT2D eigenvalue weighted by molar-refractivity contribution is 9.10. The summed E-state index contributed by atoms with van der Waals surface area (Å²) in [6, 6.07) is 3.13. The number of rotatable bonds is 2. The first-order valence-corrected chi connectivity index (χ1v) is 5.46. The molecule has 0 bridgehead atoms. The number of halogens is 2. The van der Waals surface area contributed by atoms with Crippen LogP contribution in [0.25, 0.3) is 11.0 Å². The van der Waals surface area contributed by atoms with Gasteiger partial charge in [-0.3, -0.25) is 0 Å². The molecule has 0 aliphatic rings. The maximum absolute atomic E-state index is 13.6. The third-order valence-electron chi connectivity index (χ3n) is 2.13. The molecule has 2 aromatic rings. The fourth-order valence-corrected chi connectivity index (χ4v) is 1.72. The predicted molar refractivity (Wildman–Crippen MR) is 59.8 cm³/mol. The Morgan fingerprint density at radius 3 is 3.00 bits per heavy atom. The van der Waals surface area contributed by atoms with Crippen molar-refractivity contribution in [2.24, 2.45) is 0 Å². The fourth-order valence-electron chi connectivity index (χ4n) is 1.41. The topological polar surface area (TPSA) is 39.4 Å². The molecular weight excluding hydrogens is 279 g/mol. The van der Waals surface area contributed by atoms with Crippen molar-refractivity contribution >= 4 is 32.9 Å².